The quantitative estimate of drug-likeness (QED) is 0.432. The molecule has 8 nitrogen and oxygen atoms in total. The lowest BCUT2D eigenvalue weighted by molar-refractivity contribution is -0.121. The standard InChI is InChI=1S/C29H36N4O4/c1-6-36-28(35)23-8-7-9-24(19(23)2)30-27(34)21-14-16-33(17-15-21)18-25-31-26(32-37-25)20-10-12-22(13-11-20)29(3,4)5/h7-13,21H,6,14-18H2,1-5H3,(H,30,34). The van der Waals surface area contributed by atoms with Crippen molar-refractivity contribution >= 4 is 17.6 Å². The first kappa shape index (κ1) is 26.5. The monoisotopic (exact) mass is 504 g/mol. The van der Waals surface area contributed by atoms with Gasteiger partial charge in [0.25, 0.3) is 0 Å². The van der Waals surface area contributed by atoms with E-state index in [-0.39, 0.29) is 23.2 Å². The Morgan fingerprint density at radius 3 is 2.46 bits per heavy atom. The molecule has 1 saturated heterocycles. The third kappa shape index (κ3) is 6.43. The van der Waals surface area contributed by atoms with Crippen molar-refractivity contribution in [1.29, 1.82) is 0 Å². The van der Waals surface area contributed by atoms with Gasteiger partial charge in [0.2, 0.25) is 17.6 Å². The molecule has 0 atom stereocenters. The van der Waals surface area contributed by atoms with Gasteiger partial charge in [-0.3, -0.25) is 9.69 Å². The predicted molar refractivity (Wildman–Crippen MR) is 142 cm³/mol. The maximum absolute atomic E-state index is 13.0. The van der Waals surface area contributed by atoms with Crippen molar-refractivity contribution in [2.45, 2.75) is 59.4 Å². The summed E-state index contributed by atoms with van der Waals surface area (Å²) < 4.78 is 10.6. The van der Waals surface area contributed by atoms with Gasteiger partial charge in [0.05, 0.1) is 18.7 Å². The van der Waals surface area contributed by atoms with E-state index >= 15 is 0 Å². The van der Waals surface area contributed by atoms with Crippen molar-refractivity contribution in [3.05, 3.63) is 65.0 Å². The molecule has 0 aliphatic carbocycles. The molecule has 37 heavy (non-hydrogen) atoms. The van der Waals surface area contributed by atoms with Gasteiger partial charge >= 0.3 is 5.97 Å². The van der Waals surface area contributed by atoms with Crippen LogP contribution in [0.5, 0.6) is 0 Å². The van der Waals surface area contributed by atoms with Crippen LogP contribution in [-0.4, -0.2) is 46.6 Å². The molecule has 0 saturated carbocycles. The summed E-state index contributed by atoms with van der Waals surface area (Å²) >= 11 is 0. The molecule has 8 heteroatoms. The maximum Gasteiger partial charge on any atom is 0.338 e. The zero-order valence-electron chi connectivity index (χ0n) is 22.3. The fourth-order valence-electron chi connectivity index (χ4n) is 4.54. The molecule has 0 spiro atoms. The molecule has 1 aromatic heterocycles. The number of esters is 1. The number of nitrogens with zero attached hydrogens (tertiary/aromatic N) is 3. The number of ether oxygens (including phenoxy) is 1. The average Bonchev–Trinajstić information content (AvgIpc) is 3.34. The van der Waals surface area contributed by atoms with Crippen LogP contribution in [0.3, 0.4) is 0 Å². The Hall–Kier alpha value is -3.52. The van der Waals surface area contributed by atoms with Crippen molar-refractivity contribution in [1.82, 2.24) is 15.0 Å². The zero-order chi connectivity index (χ0) is 26.6. The van der Waals surface area contributed by atoms with Gasteiger partial charge in [-0.2, -0.15) is 4.98 Å². The summed E-state index contributed by atoms with van der Waals surface area (Å²) in [6, 6.07) is 13.6. The average molecular weight is 505 g/mol. The molecule has 2 aromatic carbocycles. The Balaban J connectivity index is 1.30. The summed E-state index contributed by atoms with van der Waals surface area (Å²) in [4.78, 5) is 31.9. The summed E-state index contributed by atoms with van der Waals surface area (Å²) in [5.41, 5.74) is 4.11. The number of hydrogen-bond donors (Lipinski definition) is 1. The van der Waals surface area contributed by atoms with E-state index < -0.39 is 0 Å². The lowest BCUT2D eigenvalue weighted by atomic mass is 9.87. The lowest BCUT2D eigenvalue weighted by Gasteiger charge is -2.30. The summed E-state index contributed by atoms with van der Waals surface area (Å²) in [7, 11) is 0. The molecule has 1 aliphatic heterocycles. The van der Waals surface area contributed by atoms with Crippen LogP contribution < -0.4 is 5.32 Å². The SMILES string of the molecule is CCOC(=O)c1cccc(NC(=O)C2CCN(Cc3nc(-c4ccc(C(C)(C)C)cc4)no3)CC2)c1C. The van der Waals surface area contributed by atoms with Crippen LogP contribution in [0.15, 0.2) is 47.0 Å². The Morgan fingerprint density at radius 2 is 1.81 bits per heavy atom. The van der Waals surface area contributed by atoms with Crippen LogP contribution >= 0.6 is 0 Å². The van der Waals surface area contributed by atoms with Crippen molar-refractivity contribution in [2.24, 2.45) is 5.92 Å². The highest BCUT2D eigenvalue weighted by molar-refractivity contribution is 5.97. The van der Waals surface area contributed by atoms with Crippen LogP contribution in [-0.2, 0) is 21.5 Å². The number of rotatable bonds is 7. The van der Waals surface area contributed by atoms with Crippen molar-refractivity contribution < 1.29 is 18.8 Å². The van der Waals surface area contributed by atoms with Crippen LogP contribution in [0.4, 0.5) is 5.69 Å². The second-order valence-electron chi connectivity index (χ2n) is 10.6. The van der Waals surface area contributed by atoms with Crippen molar-refractivity contribution in [3.8, 4) is 11.4 Å². The van der Waals surface area contributed by atoms with E-state index in [4.69, 9.17) is 9.26 Å². The van der Waals surface area contributed by atoms with Gasteiger partial charge in [0.1, 0.15) is 0 Å². The van der Waals surface area contributed by atoms with Crippen molar-refractivity contribution in [3.63, 3.8) is 0 Å². The van der Waals surface area contributed by atoms with Gasteiger partial charge < -0.3 is 14.6 Å². The van der Waals surface area contributed by atoms with Crippen LogP contribution in [0.1, 0.15) is 67.9 Å². The Bertz CT molecular complexity index is 1240. The molecule has 3 aromatic rings. The molecule has 2 heterocycles. The summed E-state index contributed by atoms with van der Waals surface area (Å²) in [5.74, 6) is 0.661. The molecular weight excluding hydrogens is 468 g/mol. The number of anilines is 1. The van der Waals surface area contributed by atoms with Gasteiger partial charge in [-0.25, -0.2) is 4.79 Å². The molecule has 0 unspecified atom stereocenters. The third-order valence-electron chi connectivity index (χ3n) is 6.88. The fraction of sp³-hybridized carbons (Fsp3) is 0.448. The van der Waals surface area contributed by atoms with E-state index in [9.17, 15) is 9.59 Å². The fourth-order valence-corrected chi connectivity index (χ4v) is 4.54. The Morgan fingerprint density at radius 1 is 1.11 bits per heavy atom. The molecule has 1 N–H and O–H groups in total. The molecule has 1 fully saturated rings. The minimum absolute atomic E-state index is 0.0254. The Labute approximate surface area is 218 Å². The highest BCUT2D eigenvalue weighted by atomic mass is 16.5. The summed E-state index contributed by atoms with van der Waals surface area (Å²) in [5, 5.41) is 7.17. The predicted octanol–water partition coefficient (Wildman–Crippen LogP) is 5.37. The van der Waals surface area contributed by atoms with E-state index in [0.29, 0.717) is 41.7 Å². The molecule has 0 bridgehead atoms. The van der Waals surface area contributed by atoms with E-state index in [1.54, 1.807) is 19.1 Å². The highest BCUT2D eigenvalue weighted by Gasteiger charge is 2.27. The smallest absolute Gasteiger partial charge is 0.338 e. The number of carbonyl (C=O) groups excluding carboxylic acids is 2. The van der Waals surface area contributed by atoms with Crippen LogP contribution in [0.25, 0.3) is 11.4 Å². The number of carbonyl (C=O) groups is 2. The van der Waals surface area contributed by atoms with Gasteiger partial charge in [0, 0.05) is 17.2 Å². The molecular formula is C29H36N4O4. The molecule has 1 aliphatic rings. The lowest BCUT2D eigenvalue weighted by Crippen LogP contribution is -2.38. The number of amides is 1. The second-order valence-corrected chi connectivity index (χ2v) is 10.6. The van der Waals surface area contributed by atoms with E-state index in [0.717, 1.165) is 31.5 Å². The van der Waals surface area contributed by atoms with Gasteiger partial charge in [-0.1, -0.05) is 56.3 Å². The number of benzene rings is 2. The van der Waals surface area contributed by atoms with Gasteiger partial charge in [-0.15, -0.1) is 0 Å². The first-order valence-corrected chi connectivity index (χ1v) is 12.9. The van der Waals surface area contributed by atoms with Gasteiger partial charge in [0.15, 0.2) is 0 Å². The first-order chi connectivity index (χ1) is 17.7. The van der Waals surface area contributed by atoms with Crippen LogP contribution in [0, 0.1) is 12.8 Å². The number of hydrogen-bond acceptors (Lipinski definition) is 7. The molecule has 1 amide bonds. The first-order valence-electron chi connectivity index (χ1n) is 12.9. The van der Waals surface area contributed by atoms with E-state index in [1.165, 1.54) is 5.56 Å². The molecule has 0 radical (unpaired) electrons. The van der Waals surface area contributed by atoms with E-state index in [1.807, 2.05) is 25.1 Å². The zero-order valence-corrected chi connectivity index (χ0v) is 22.3. The minimum Gasteiger partial charge on any atom is -0.462 e. The van der Waals surface area contributed by atoms with Crippen LogP contribution in [0.2, 0.25) is 0 Å². The summed E-state index contributed by atoms with van der Waals surface area (Å²) in [6.45, 7) is 12.5. The van der Waals surface area contributed by atoms with Crippen molar-refractivity contribution in [2.75, 3.05) is 25.0 Å². The number of likely N-dealkylation sites (tertiary alicyclic amines) is 1. The second kappa shape index (κ2) is 11.3. The third-order valence-corrected chi connectivity index (χ3v) is 6.88. The van der Waals surface area contributed by atoms with Gasteiger partial charge in [-0.05, 0) is 68.5 Å². The normalized spacial score (nSPS) is 14.9. The maximum atomic E-state index is 13.0. The topological polar surface area (TPSA) is 97.6 Å². The minimum atomic E-state index is -0.379. The Kier molecular flexibility index (Phi) is 8.07. The van der Waals surface area contributed by atoms with E-state index in [2.05, 4.69) is 53.3 Å². The summed E-state index contributed by atoms with van der Waals surface area (Å²) in [6.07, 6.45) is 1.47. The molecule has 196 valence electrons. The molecule has 4 rings (SSSR count). The largest absolute Gasteiger partial charge is 0.462 e. The number of aromatic nitrogens is 2. The number of nitrogens with one attached hydrogen (secondary N) is 1. The highest BCUT2D eigenvalue weighted by Crippen LogP contribution is 2.26. The number of piperidine rings is 1.